The molecule has 0 radical (unpaired) electrons. The number of aromatic nitrogens is 2. The molecule has 0 spiro atoms. The number of aliphatic hydroxyl groups excluding tert-OH is 1. The van der Waals surface area contributed by atoms with Crippen LogP contribution in [0.5, 0.6) is 11.5 Å². The van der Waals surface area contributed by atoms with Crippen LogP contribution in [0.2, 0.25) is 10.0 Å². The predicted molar refractivity (Wildman–Crippen MR) is 240 cm³/mol. The number of guanidine groups is 2. The van der Waals surface area contributed by atoms with Crippen molar-refractivity contribution in [1.82, 2.24) is 18.6 Å². The summed E-state index contributed by atoms with van der Waals surface area (Å²) in [7, 11) is -5.01. The second-order valence-corrected chi connectivity index (χ2v) is 17.9. The van der Waals surface area contributed by atoms with E-state index in [1.54, 1.807) is 50.4 Å². The summed E-state index contributed by atoms with van der Waals surface area (Å²) < 4.78 is 66.6. The number of hydrogen-bond acceptors (Lipinski definition) is 12. The number of pyridine rings is 2. The van der Waals surface area contributed by atoms with E-state index < -0.39 is 32.9 Å². The van der Waals surface area contributed by atoms with Crippen molar-refractivity contribution in [2.45, 2.75) is 36.1 Å². The van der Waals surface area contributed by atoms with Crippen LogP contribution in [0, 0.1) is 0 Å². The zero-order chi connectivity index (χ0) is 45.4. The van der Waals surface area contributed by atoms with Gasteiger partial charge in [-0.2, -0.15) is 18.6 Å². The van der Waals surface area contributed by atoms with E-state index in [1.165, 1.54) is 54.1 Å². The van der Waals surface area contributed by atoms with Gasteiger partial charge in [0.2, 0.25) is 20.0 Å². The molecule has 0 atom stereocenters. The predicted octanol–water partition coefficient (Wildman–Crippen LogP) is 4.32. The monoisotopic (exact) mass is 926 g/mol. The largest absolute Gasteiger partial charge is 0.496 e. The first-order valence-corrected chi connectivity index (χ1v) is 22.0. The normalized spacial score (nSPS) is 11.7. The number of benzene rings is 4. The van der Waals surface area contributed by atoms with Crippen molar-refractivity contribution in [2.24, 2.45) is 32.9 Å². The van der Waals surface area contributed by atoms with Gasteiger partial charge in [-0.05, 0) is 36.4 Å². The Morgan fingerprint density at radius 2 is 1.06 bits per heavy atom. The van der Waals surface area contributed by atoms with Crippen LogP contribution in [0.1, 0.15) is 18.1 Å². The van der Waals surface area contributed by atoms with E-state index in [0.29, 0.717) is 43.6 Å². The van der Waals surface area contributed by atoms with Crippen LogP contribution < -0.4 is 32.4 Å². The highest BCUT2D eigenvalue weighted by Gasteiger charge is 2.29. The molecule has 0 aliphatic rings. The van der Waals surface area contributed by atoms with Crippen molar-refractivity contribution in [3.8, 4) is 11.5 Å². The fraction of sp³-hybridized carbons (Fsp3) is 0.200. The number of aliphatic hydroxyl groups is 2. The van der Waals surface area contributed by atoms with E-state index in [-0.39, 0.29) is 58.0 Å². The molecule has 0 amide bonds. The van der Waals surface area contributed by atoms with Crippen molar-refractivity contribution < 1.29 is 36.5 Å². The maximum absolute atomic E-state index is 13.5. The van der Waals surface area contributed by atoms with Crippen LogP contribution >= 0.6 is 23.2 Å². The highest BCUT2D eigenvalue weighted by Crippen LogP contribution is 2.35. The molecular weight excluding hydrogens is 884 g/mol. The zero-order valence-electron chi connectivity index (χ0n) is 33.6. The van der Waals surface area contributed by atoms with Gasteiger partial charge in [0.05, 0.1) is 40.6 Å². The lowest BCUT2D eigenvalue weighted by Crippen LogP contribution is -2.37. The van der Waals surface area contributed by atoms with Crippen LogP contribution in [-0.4, -0.2) is 91.1 Å². The van der Waals surface area contributed by atoms with Gasteiger partial charge in [0.1, 0.15) is 11.5 Å². The second kappa shape index (κ2) is 20.4. The molecule has 0 unspecified atom stereocenters. The summed E-state index contributed by atoms with van der Waals surface area (Å²) in [6.45, 7) is 1.49. The number of halogens is 2. The summed E-state index contributed by atoms with van der Waals surface area (Å²) in [5.41, 5.74) is 23.2. The Morgan fingerprint density at radius 3 is 1.45 bits per heavy atom. The summed E-state index contributed by atoms with van der Waals surface area (Å²) in [5, 5.41) is 21.6. The Hall–Kier alpha value is -5.84. The molecular formula is C40H44Cl2N10O8S2. The molecule has 0 fully saturated rings. The van der Waals surface area contributed by atoms with Crippen LogP contribution in [0.4, 0.5) is 11.6 Å². The van der Waals surface area contributed by atoms with Crippen molar-refractivity contribution >= 4 is 88.3 Å². The van der Waals surface area contributed by atoms with E-state index in [9.17, 15) is 27.0 Å². The molecule has 328 valence electrons. The summed E-state index contributed by atoms with van der Waals surface area (Å²) in [6, 6.07) is 22.9. The number of ether oxygens (including phenoxy) is 2. The first-order chi connectivity index (χ1) is 29.4. The van der Waals surface area contributed by atoms with E-state index in [1.807, 2.05) is 18.2 Å². The molecule has 22 heteroatoms. The van der Waals surface area contributed by atoms with Gasteiger partial charge in [-0.15, -0.1) is 0 Å². The fourth-order valence-corrected chi connectivity index (χ4v) is 9.56. The third-order valence-corrected chi connectivity index (χ3v) is 13.4. The summed E-state index contributed by atoms with van der Waals surface area (Å²) in [5.74, 6) is 0.931. The van der Waals surface area contributed by atoms with E-state index in [0.717, 1.165) is 9.87 Å². The lowest BCUT2D eigenvalue weighted by molar-refractivity contribution is -0.0502. The minimum atomic E-state index is -4.19. The van der Waals surface area contributed by atoms with Gasteiger partial charge in [-0.25, -0.2) is 26.8 Å². The van der Waals surface area contributed by atoms with Gasteiger partial charge in [0, 0.05) is 64.7 Å². The average Bonchev–Trinajstić information content (AvgIpc) is 3.24. The van der Waals surface area contributed by atoms with Crippen molar-refractivity contribution in [3.05, 3.63) is 118 Å². The summed E-state index contributed by atoms with van der Waals surface area (Å²) in [6.07, 6.45) is 0.878. The molecule has 0 saturated heterocycles. The molecule has 62 heavy (non-hydrogen) atoms. The Labute approximate surface area is 368 Å². The second-order valence-electron chi connectivity index (χ2n) is 13.2. The molecule has 0 aliphatic carbocycles. The molecule has 6 aromatic rings. The molecule has 0 bridgehead atoms. The van der Waals surface area contributed by atoms with Crippen molar-refractivity contribution in [2.75, 3.05) is 27.3 Å². The van der Waals surface area contributed by atoms with Gasteiger partial charge in [0.25, 0.3) is 0 Å². The summed E-state index contributed by atoms with van der Waals surface area (Å²) in [4.78, 5) is 16.1. The quantitative estimate of drug-likeness (QED) is 0.0475. The van der Waals surface area contributed by atoms with Crippen LogP contribution in [0.15, 0.2) is 117 Å². The molecule has 0 saturated carbocycles. The van der Waals surface area contributed by atoms with E-state index in [4.69, 9.17) is 55.6 Å². The van der Waals surface area contributed by atoms with E-state index >= 15 is 0 Å². The third kappa shape index (κ3) is 11.0. The minimum absolute atomic E-state index is 0.0860. The van der Waals surface area contributed by atoms with Gasteiger partial charge in [0.15, 0.2) is 29.8 Å². The smallest absolute Gasteiger partial charge is 0.243 e. The number of nitrogens with two attached hydrogens (primary N) is 4. The average molecular weight is 928 g/mol. The highest BCUT2D eigenvalue weighted by atomic mass is 35.5. The standard InChI is InChI=1S/C20H22ClN5O5S.C20H22ClN5O3S/c1-31-17-5-3-2-4-12(17)10-26(11-18(27)28)32(29,30)13-6-7-14-15(8-13)19(25-20(22)23)24-9-16(14)21;1-3-26(12-13-6-4-5-7-18(13)29-2)30(27,28)14-8-9-15-16(10-14)19(25-20(22)23)24-11-17(15)21/h2-9,18,27-28H,10-11H2,1H3,(H4,22,23,24,25);4-11H,3,12H2,1-2H3,(H4,22,23,24,25). The number of methoxy groups -OCH3 is 2. The third-order valence-electron chi connectivity index (χ3n) is 9.12. The molecule has 4 aromatic carbocycles. The molecule has 2 aromatic heterocycles. The number of hydrogen-bond donors (Lipinski definition) is 6. The lowest BCUT2D eigenvalue weighted by atomic mass is 10.1. The number of rotatable bonds is 15. The van der Waals surface area contributed by atoms with Gasteiger partial charge in [-0.1, -0.05) is 78.7 Å². The number of para-hydroxylation sites is 2. The molecule has 10 N–H and O–H groups in total. The fourth-order valence-electron chi connectivity index (χ4n) is 6.23. The summed E-state index contributed by atoms with van der Waals surface area (Å²) >= 11 is 12.4. The Morgan fingerprint density at radius 1 is 0.661 bits per heavy atom. The molecule has 6 rings (SSSR count). The van der Waals surface area contributed by atoms with Gasteiger partial charge in [-0.3, -0.25) is 0 Å². The zero-order valence-corrected chi connectivity index (χ0v) is 36.7. The van der Waals surface area contributed by atoms with Crippen LogP contribution in [0.25, 0.3) is 21.5 Å². The van der Waals surface area contributed by atoms with Crippen molar-refractivity contribution in [1.29, 1.82) is 0 Å². The Bertz CT molecular complexity index is 2860. The highest BCUT2D eigenvalue weighted by molar-refractivity contribution is 7.89. The number of aliphatic imine (C=N–C) groups is 2. The van der Waals surface area contributed by atoms with Crippen LogP contribution in [0.3, 0.4) is 0 Å². The van der Waals surface area contributed by atoms with Gasteiger partial charge >= 0.3 is 0 Å². The molecule has 18 nitrogen and oxygen atoms in total. The molecule has 0 aliphatic heterocycles. The van der Waals surface area contributed by atoms with Gasteiger partial charge < -0.3 is 42.6 Å². The SMILES string of the molecule is CCN(Cc1ccccc1OC)S(=O)(=O)c1ccc2c(Cl)cnc(N=C(N)N)c2c1.COc1ccccc1CN(CC(O)O)S(=O)(=O)c1ccc2c(Cl)cnc(N=C(N)N)c2c1. The number of sulfonamides is 2. The molecule has 2 heterocycles. The topological polar surface area (TPSA) is 288 Å². The van der Waals surface area contributed by atoms with Crippen LogP contribution in [-0.2, 0) is 33.1 Å². The minimum Gasteiger partial charge on any atom is -0.496 e. The number of fused-ring (bicyclic) bond motifs is 2. The maximum atomic E-state index is 13.5. The first-order valence-electron chi connectivity index (χ1n) is 18.4. The van der Waals surface area contributed by atoms with Crippen molar-refractivity contribution in [3.63, 3.8) is 0 Å². The number of nitrogens with zero attached hydrogens (tertiary/aromatic N) is 6. The Kier molecular flexibility index (Phi) is 15.5. The first kappa shape index (κ1) is 47.2. The maximum Gasteiger partial charge on any atom is 0.243 e. The lowest BCUT2D eigenvalue weighted by Gasteiger charge is -2.24. The van der Waals surface area contributed by atoms with E-state index in [2.05, 4.69) is 20.0 Å². The Balaban J connectivity index is 0.000000235.